The average molecular weight is 663 g/mol. The fraction of sp³-hybridized carbons (Fsp3) is 0.102. The first-order valence-electron chi connectivity index (χ1n) is 17.8. The molecule has 252 valence electrons. The molecule has 0 unspecified atom stereocenters. The molecule has 2 aliphatic carbocycles. The average Bonchev–Trinajstić information content (AvgIpc) is 3.32. The van der Waals surface area contributed by atoms with Crippen molar-refractivity contribution < 1.29 is 0 Å². The lowest BCUT2D eigenvalue weighted by Crippen LogP contribution is -1.94. The summed E-state index contributed by atoms with van der Waals surface area (Å²) in [6.07, 6.45) is 30.8. The van der Waals surface area contributed by atoms with Gasteiger partial charge in [0.25, 0.3) is 0 Å². The minimum Gasteiger partial charge on any atom is -0.388 e. The van der Waals surface area contributed by atoms with Crippen LogP contribution in [-0.4, -0.2) is 11.6 Å². The number of hydrogen-bond acceptors (Lipinski definition) is 1. The predicted octanol–water partition coefficient (Wildman–Crippen LogP) is 13.7. The molecule has 1 aromatic heterocycles. The van der Waals surface area contributed by atoms with E-state index in [9.17, 15) is 0 Å². The van der Waals surface area contributed by atoms with Crippen LogP contribution in [-0.2, 0) is 0 Å². The Morgan fingerprint density at radius 3 is 1.96 bits per heavy atom. The lowest BCUT2D eigenvalue weighted by Gasteiger charge is -2.12. The molecule has 0 atom stereocenters. The summed E-state index contributed by atoms with van der Waals surface area (Å²) < 4.78 is 2.33. The van der Waals surface area contributed by atoms with E-state index in [1.807, 2.05) is 25.3 Å². The van der Waals surface area contributed by atoms with Gasteiger partial charge in [0.2, 0.25) is 0 Å². The topological polar surface area (TPSA) is 17.0 Å². The van der Waals surface area contributed by atoms with Crippen molar-refractivity contribution in [1.29, 1.82) is 0 Å². The molecular weight excluding hydrogens is 617 g/mol. The van der Waals surface area contributed by atoms with Gasteiger partial charge in [-0.05, 0) is 95.6 Å². The van der Waals surface area contributed by atoms with Crippen molar-refractivity contribution in [2.45, 2.75) is 26.2 Å². The fourth-order valence-corrected chi connectivity index (χ4v) is 6.51. The number of anilines is 1. The quantitative estimate of drug-likeness (QED) is 0.176. The predicted molar refractivity (Wildman–Crippen MR) is 226 cm³/mol. The maximum atomic E-state index is 4.20. The Bertz CT molecular complexity index is 2310. The second kappa shape index (κ2) is 17.5. The number of nitrogens with one attached hydrogen (secondary N) is 1. The molecular formula is C49H46N2. The van der Waals surface area contributed by atoms with Crippen LogP contribution in [0.3, 0.4) is 0 Å². The Hall–Kier alpha value is -6.12. The third kappa shape index (κ3) is 8.37. The van der Waals surface area contributed by atoms with Gasteiger partial charge in [0.05, 0.1) is 11.0 Å². The first kappa shape index (κ1) is 34.7. The zero-order valence-electron chi connectivity index (χ0n) is 29.7. The monoisotopic (exact) mass is 662 g/mol. The highest BCUT2D eigenvalue weighted by Crippen LogP contribution is 2.37. The van der Waals surface area contributed by atoms with E-state index < -0.39 is 0 Å². The molecule has 0 bridgehead atoms. The SMILES string of the molecule is C1=CC=CCC=C1.C1=CCCC=C1.C=C/C(=C\C=C(/C)c1ccccc1-c1ccc(NC)cc1)n1c2ccccc2c2c3ccccc3ccc21. The molecule has 2 nitrogen and oxygen atoms in total. The fourth-order valence-electron chi connectivity index (χ4n) is 6.51. The number of hydrogen-bond donors (Lipinski definition) is 1. The summed E-state index contributed by atoms with van der Waals surface area (Å²) in [5.74, 6) is 0. The van der Waals surface area contributed by atoms with E-state index in [2.05, 4.69) is 193 Å². The molecule has 8 rings (SSSR count). The number of aromatic nitrogens is 1. The summed E-state index contributed by atoms with van der Waals surface area (Å²) in [5.41, 5.74) is 9.36. The van der Waals surface area contributed by atoms with Crippen molar-refractivity contribution in [3.05, 3.63) is 200 Å². The molecule has 1 heterocycles. The van der Waals surface area contributed by atoms with Crippen LogP contribution in [0.4, 0.5) is 5.69 Å². The number of rotatable bonds is 6. The summed E-state index contributed by atoms with van der Waals surface area (Å²) in [4.78, 5) is 0. The second-order valence-electron chi connectivity index (χ2n) is 12.5. The van der Waals surface area contributed by atoms with Gasteiger partial charge in [-0.2, -0.15) is 0 Å². The number of allylic oxidation sites excluding steroid dienone is 15. The van der Waals surface area contributed by atoms with Crippen molar-refractivity contribution in [2.24, 2.45) is 0 Å². The van der Waals surface area contributed by atoms with E-state index in [0.717, 1.165) is 17.8 Å². The minimum absolute atomic E-state index is 1.04. The Kier molecular flexibility index (Phi) is 11.9. The van der Waals surface area contributed by atoms with Crippen LogP contribution in [0.15, 0.2) is 195 Å². The van der Waals surface area contributed by atoms with E-state index in [-0.39, 0.29) is 0 Å². The largest absolute Gasteiger partial charge is 0.388 e. The lowest BCUT2D eigenvalue weighted by atomic mass is 9.95. The molecule has 6 aromatic rings. The summed E-state index contributed by atoms with van der Waals surface area (Å²) in [6, 6.07) is 38.9. The zero-order chi connectivity index (χ0) is 35.3. The highest BCUT2D eigenvalue weighted by Gasteiger charge is 2.14. The number of nitrogens with zero attached hydrogens (tertiary/aromatic N) is 1. The highest BCUT2D eigenvalue weighted by molar-refractivity contribution is 6.21. The van der Waals surface area contributed by atoms with Crippen molar-refractivity contribution in [1.82, 2.24) is 4.57 Å². The number of para-hydroxylation sites is 1. The van der Waals surface area contributed by atoms with Crippen LogP contribution in [0, 0.1) is 0 Å². The number of fused-ring (bicyclic) bond motifs is 5. The zero-order valence-corrected chi connectivity index (χ0v) is 29.7. The van der Waals surface area contributed by atoms with Crippen LogP contribution in [0.25, 0.3) is 55.0 Å². The molecule has 0 fully saturated rings. The molecule has 0 saturated heterocycles. The van der Waals surface area contributed by atoms with Crippen LogP contribution >= 0.6 is 0 Å². The van der Waals surface area contributed by atoms with Gasteiger partial charge in [-0.25, -0.2) is 0 Å². The molecule has 0 spiro atoms. The van der Waals surface area contributed by atoms with E-state index in [1.54, 1.807) is 0 Å². The maximum absolute atomic E-state index is 4.20. The Labute approximate surface area is 303 Å². The van der Waals surface area contributed by atoms with Gasteiger partial charge in [0, 0.05) is 29.2 Å². The first-order valence-corrected chi connectivity index (χ1v) is 17.8. The van der Waals surface area contributed by atoms with Gasteiger partial charge >= 0.3 is 0 Å². The minimum atomic E-state index is 1.04. The van der Waals surface area contributed by atoms with Crippen LogP contribution in [0.5, 0.6) is 0 Å². The van der Waals surface area contributed by atoms with Gasteiger partial charge in [-0.15, -0.1) is 0 Å². The molecule has 1 N–H and O–H groups in total. The Balaban J connectivity index is 0.000000288. The highest BCUT2D eigenvalue weighted by atomic mass is 15.0. The molecule has 51 heavy (non-hydrogen) atoms. The smallest absolute Gasteiger partial charge is 0.0547 e. The first-order chi connectivity index (χ1) is 25.2. The molecule has 2 heteroatoms. The summed E-state index contributed by atoms with van der Waals surface area (Å²) in [5, 5.41) is 8.26. The van der Waals surface area contributed by atoms with Crippen molar-refractivity contribution >= 4 is 49.5 Å². The summed E-state index contributed by atoms with van der Waals surface area (Å²) in [6.45, 7) is 6.38. The van der Waals surface area contributed by atoms with E-state index in [0.29, 0.717) is 0 Å². The molecule has 2 aliphatic rings. The number of benzene rings is 5. The van der Waals surface area contributed by atoms with Gasteiger partial charge in [-0.3, -0.25) is 0 Å². The molecule has 0 aliphatic heterocycles. The van der Waals surface area contributed by atoms with Gasteiger partial charge in [0.1, 0.15) is 0 Å². The van der Waals surface area contributed by atoms with Crippen LogP contribution in [0.2, 0.25) is 0 Å². The van der Waals surface area contributed by atoms with E-state index in [1.165, 1.54) is 67.7 Å². The standard InChI is InChI=1S/C36H30N2.C7H8.C6H8/c1-4-29(23-17-25(2)30-12-7-8-13-31(30)27-18-21-28(37-3)22-19-27)38-34-16-10-9-15-33(34)36-32-14-6-5-11-26(32)20-24-35(36)38;1-2-4-6-7-5-3-1;1-2-4-6-5-3-1/h4-24,37H,1H2,2-3H3;1-6H,7H2;1-4H,5-6H2/b25-17+,29-23+;;. The maximum Gasteiger partial charge on any atom is 0.0547 e. The van der Waals surface area contributed by atoms with Gasteiger partial charge < -0.3 is 9.88 Å². The third-order valence-electron chi connectivity index (χ3n) is 9.13. The Morgan fingerprint density at radius 2 is 1.27 bits per heavy atom. The Morgan fingerprint density at radius 1 is 0.627 bits per heavy atom. The van der Waals surface area contributed by atoms with Crippen LogP contribution in [0.1, 0.15) is 31.7 Å². The third-order valence-corrected chi connectivity index (χ3v) is 9.13. The molecule has 0 amide bonds. The summed E-state index contributed by atoms with van der Waals surface area (Å²) >= 11 is 0. The van der Waals surface area contributed by atoms with Crippen molar-refractivity contribution in [3.63, 3.8) is 0 Å². The van der Waals surface area contributed by atoms with E-state index in [4.69, 9.17) is 0 Å². The normalized spacial score (nSPS) is 13.8. The molecule has 5 aromatic carbocycles. The van der Waals surface area contributed by atoms with Gasteiger partial charge in [-0.1, -0.05) is 158 Å². The lowest BCUT2D eigenvalue weighted by molar-refractivity contribution is 1.04. The van der Waals surface area contributed by atoms with Crippen molar-refractivity contribution in [3.8, 4) is 11.1 Å². The second-order valence-corrected chi connectivity index (χ2v) is 12.5. The van der Waals surface area contributed by atoms with E-state index >= 15 is 0 Å². The molecule has 0 radical (unpaired) electrons. The summed E-state index contributed by atoms with van der Waals surface area (Å²) in [7, 11) is 1.94. The molecule has 0 saturated carbocycles. The van der Waals surface area contributed by atoms with Crippen LogP contribution < -0.4 is 5.32 Å². The van der Waals surface area contributed by atoms with Gasteiger partial charge in [0.15, 0.2) is 0 Å². The van der Waals surface area contributed by atoms with Crippen molar-refractivity contribution in [2.75, 3.05) is 12.4 Å².